The molecule has 0 amide bonds. The molecule has 0 heterocycles. The minimum absolute atomic E-state index is 0.776. The van der Waals surface area contributed by atoms with Crippen molar-refractivity contribution in [3.8, 4) is 11.5 Å². The summed E-state index contributed by atoms with van der Waals surface area (Å²) in [4.78, 5) is 0. The van der Waals surface area contributed by atoms with Crippen LogP contribution in [0.5, 0.6) is 11.5 Å². The van der Waals surface area contributed by atoms with Crippen LogP contribution in [-0.2, 0) is 6.54 Å². The van der Waals surface area contributed by atoms with Crippen molar-refractivity contribution in [2.75, 3.05) is 7.05 Å². The van der Waals surface area contributed by atoms with Crippen molar-refractivity contribution in [2.45, 2.75) is 27.3 Å². The predicted octanol–water partition coefficient (Wildman–Crippen LogP) is 4.89. The van der Waals surface area contributed by atoms with Gasteiger partial charge in [-0.05, 0) is 62.7 Å². The van der Waals surface area contributed by atoms with E-state index in [0.29, 0.717) is 0 Å². The van der Waals surface area contributed by atoms with Gasteiger partial charge in [0, 0.05) is 16.6 Å². The molecule has 106 valence electrons. The lowest BCUT2D eigenvalue weighted by molar-refractivity contribution is 0.466. The molecule has 0 bridgehead atoms. The first kappa shape index (κ1) is 15.1. The maximum absolute atomic E-state index is 6.20. The lowest BCUT2D eigenvalue weighted by Crippen LogP contribution is -2.07. The fourth-order valence-corrected chi connectivity index (χ4v) is 2.58. The molecule has 0 spiro atoms. The van der Waals surface area contributed by atoms with Crippen LogP contribution in [0.2, 0.25) is 0 Å². The minimum Gasteiger partial charge on any atom is -0.456 e. The first-order valence-electron chi connectivity index (χ1n) is 6.70. The summed E-state index contributed by atoms with van der Waals surface area (Å²) in [7, 11) is 1.94. The van der Waals surface area contributed by atoms with Gasteiger partial charge < -0.3 is 10.1 Å². The van der Waals surface area contributed by atoms with Crippen molar-refractivity contribution in [3.63, 3.8) is 0 Å². The average Bonchev–Trinajstić information content (AvgIpc) is 2.42. The van der Waals surface area contributed by atoms with Crippen LogP contribution in [0, 0.1) is 20.8 Å². The Morgan fingerprint density at radius 3 is 2.45 bits per heavy atom. The Morgan fingerprint density at radius 1 is 1.05 bits per heavy atom. The highest BCUT2D eigenvalue weighted by Crippen LogP contribution is 2.33. The zero-order valence-corrected chi connectivity index (χ0v) is 14.0. The quantitative estimate of drug-likeness (QED) is 0.860. The number of rotatable bonds is 4. The zero-order valence-electron chi connectivity index (χ0n) is 12.4. The molecule has 2 rings (SSSR count). The summed E-state index contributed by atoms with van der Waals surface area (Å²) in [6.45, 7) is 7.07. The Labute approximate surface area is 129 Å². The minimum atomic E-state index is 0.776. The number of benzene rings is 2. The van der Waals surface area contributed by atoms with E-state index in [1.54, 1.807) is 0 Å². The van der Waals surface area contributed by atoms with E-state index in [4.69, 9.17) is 4.74 Å². The van der Waals surface area contributed by atoms with Gasteiger partial charge in [-0.2, -0.15) is 0 Å². The Bertz CT molecular complexity index is 623. The van der Waals surface area contributed by atoms with Gasteiger partial charge in [-0.3, -0.25) is 0 Å². The van der Waals surface area contributed by atoms with E-state index in [1.165, 1.54) is 11.1 Å². The van der Waals surface area contributed by atoms with Gasteiger partial charge in [-0.1, -0.05) is 28.1 Å². The highest BCUT2D eigenvalue weighted by Gasteiger charge is 2.10. The lowest BCUT2D eigenvalue weighted by Gasteiger charge is -2.16. The molecular weight excluding hydrogens is 314 g/mol. The van der Waals surface area contributed by atoms with E-state index < -0.39 is 0 Å². The van der Waals surface area contributed by atoms with Gasteiger partial charge in [0.2, 0.25) is 0 Å². The third-order valence-corrected chi connectivity index (χ3v) is 3.97. The van der Waals surface area contributed by atoms with E-state index in [0.717, 1.165) is 33.6 Å². The van der Waals surface area contributed by atoms with Crippen LogP contribution in [0.1, 0.15) is 22.3 Å². The molecule has 20 heavy (non-hydrogen) atoms. The number of ether oxygens (including phenoxy) is 1. The van der Waals surface area contributed by atoms with Gasteiger partial charge in [0.1, 0.15) is 11.5 Å². The summed E-state index contributed by atoms with van der Waals surface area (Å²) in [6.07, 6.45) is 0. The molecule has 2 aromatic rings. The standard InChI is InChI=1S/C17H20BrNO/c1-11-5-6-12(2)17(13(11)3)20-16-8-7-15(18)9-14(16)10-19-4/h5-9,19H,10H2,1-4H3. The fraction of sp³-hybridized carbons (Fsp3) is 0.294. The van der Waals surface area contributed by atoms with Crippen LogP contribution in [-0.4, -0.2) is 7.05 Å². The summed E-state index contributed by atoms with van der Waals surface area (Å²) in [5.41, 5.74) is 4.75. The maximum atomic E-state index is 6.20. The Kier molecular flexibility index (Phi) is 4.84. The van der Waals surface area contributed by atoms with E-state index in [2.05, 4.69) is 60.2 Å². The predicted molar refractivity (Wildman–Crippen MR) is 87.6 cm³/mol. The Morgan fingerprint density at radius 2 is 1.75 bits per heavy atom. The van der Waals surface area contributed by atoms with Gasteiger partial charge in [0.15, 0.2) is 0 Å². The molecule has 0 aliphatic heterocycles. The van der Waals surface area contributed by atoms with Crippen molar-refractivity contribution < 1.29 is 4.74 Å². The van der Waals surface area contributed by atoms with Crippen molar-refractivity contribution >= 4 is 15.9 Å². The first-order valence-corrected chi connectivity index (χ1v) is 7.50. The third kappa shape index (κ3) is 3.22. The molecule has 2 nitrogen and oxygen atoms in total. The maximum Gasteiger partial charge on any atom is 0.133 e. The molecule has 0 fully saturated rings. The van der Waals surface area contributed by atoms with Crippen molar-refractivity contribution in [3.05, 3.63) is 57.1 Å². The van der Waals surface area contributed by atoms with Gasteiger partial charge in [0.25, 0.3) is 0 Å². The van der Waals surface area contributed by atoms with Crippen LogP contribution < -0.4 is 10.1 Å². The highest BCUT2D eigenvalue weighted by atomic mass is 79.9. The summed E-state index contributed by atoms with van der Waals surface area (Å²) in [5.74, 6) is 1.86. The summed E-state index contributed by atoms with van der Waals surface area (Å²) in [6, 6.07) is 10.3. The van der Waals surface area contributed by atoms with Crippen LogP contribution in [0.25, 0.3) is 0 Å². The topological polar surface area (TPSA) is 21.3 Å². The number of nitrogens with one attached hydrogen (secondary N) is 1. The first-order chi connectivity index (χ1) is 9.52. The van der Waals surface area contributed by atoms with E-state index in [-0.39, 0.29) is 0 Å². The average molecular weight is 334 g/mol. The number of hydrogen-bond donors (Lipinski definition) is 1. The molecule has 0 aromatic heterocycles. The van der Waals surface area contributed by atoms with E-state index in [1.807, 2.05) is 19.2 Å². The van der Waals surface area contributed by atoms with Crippen molar-refractivity contribution in [1.29, 1.82) is 0 Å². The number of hydrogen-bond acceptors (Lipinski definition) is 2. The molecule has 0 radical (unpaired) electrons. The van der Waals surface area contributed by atoms with Gasteiger partial charge in [-0.15, -0.1) is 0 Å². The summed E-state index contributed by atoms with van der Waals surface area (Å²) < 4.78 is 7.26. The molecule has 0 aliphatic carbocycles. The van der Waals surface area contributed by atoms with E-state index >= 15 is 0 Å². The molecule has 0 unspecified atom stereocenters. The lowest BCUT2D eigenvalue weighted by atomic mass is 10.1. The molecule has 0 aliphatic rings. The second-order valence-corrected chi connectivity index (χ2v) is 5.95. The number of aryl methyl sites for hydroxylation is 2. The Hall–Kier alpha value is -1.32. The van der Waals surface area contributed by atoms with Crippen LogP contribution >= 0.6 is 15.9 Å². The number of halogens is 1. The van der Waals surface area contributed by atoms with Crippen LogP contribution in [0.3, 0.4) is 0 Å². The SMILES string of the molecule is CNCc1cc(Br)ccc1Oc1c(C)ccc(C)c1C. The molecule has 2 aromatic carbocycles. The second-order valence-electron chi connectivity index (χ2n) is 5.04. The van der Waals surface area contributed by atoms with Crippen molar-refractivity contribution in [1.82, 2.24) is 5.32 Å². The van der Waals surface area contributed by atoms with Gasteiger partial charge >= 0.3 is 0 Å². The highest BCUT2D eigenvalue weighted by molar-refractivity contribution is 9.10. The van der Waals surface area contributed by atoms with Gasteiger partial charge in [0.05, 0.1) is 0 Å². The van der Waals surface area contributed by atoms with Crippen LogP contribution in [0.15, 0.2) is 34.8 Å². The smallest absolute Gasteiger partial charge is 0.133 e. The monoisotopic (exact) mass is 333 g/mol. The van der Waals surface area contributed by atoms with Crippen LogP contribution in [0.4, 0.5) is 0 Å². The molecule has 0 atom stereocenters. The van der Waals surface area contributed by atoms with E-state index in [9.17, 15) is 0 Å². The Balaban J connectivity index is 2.42. The molecule has 1 N–H and O–H groups in total. The molecule has 3 heteroatoms. The molecule has 0 saturated carbocycles. The molecular formula is C17H20BrNO. The van der Waals surface area contributed by atoms with Gasteiger partial charge in [-0.25, -0.2) is 0 Å². The fourth-order valence-electron chi connectivity index (χ4n) is 2.17. The zero-order chi connectivity index (χ0) is 14.7. The largest absolute Gasteiger partial charge is 0.456 e. The summed E-state index contributed by atoms with van der Waals surface area (Å²) in [5, 5.41) is 3.18. The third-order valence-electron chi connectivity index (χ3n) is 3.48. The summed E-state index contributed by atoms with van der Waals surface area (Å²) >= 11 is 3.51. The second kappa shape index (κ2) is 6.42. The molecule has 0 saturated heterocycles. The van der Waals surface area contributed by atoms with Crippen molar-refractivity contribution in [2.24, 2.45) is 0 Å². The normalized spacial score (nSPS) is 10.7.